The smallest absolute Gasteiger partial charge is 0.267 e. The van der Waals surface area contributed by atoms with Crippen LogP contribution in [0, 0.1) is 11.3 Å². The minimum atomic E-state index is -0.618. The van der Waals surface area contributed by atoms with Gasteiger partial charge in [0.15, 0.2) is 0 Å². The lowest BCUT2D eigenvalue weighted by Gasteiger charge is -2.35. The molecule has 5 heteroatoms. The molecule has 2 rings (SSSR count). The van der Waals surface area contributed by atoms with Crippen LogP contribution in [-0.2, 0) is 6.42 Å². The zero-order valence-corrected chi connectivity index (χ0v) is 14.6. The molecule has 0 fully saturated rings. The van der Waals surface area contributed by atoms with E-state index >= 15 is 0 Å². The maximum absolute atomic E-state index is 12.9. The Morgan fingerprint density at radius 2 is 1.68 bits per heavy atom. The molecule has 0 aliphatic heterocycles. The first-order valence-corrected chi connectivity index (χ1v) is 7.99. The second-order valence-corrected chi connectivity index (χ2v) is 6.65. The first-order chi connectivity index (χ1) is 11.8. The monoisotopic (exact) mass is 335 g/mol. The highest BCUT2D eigenvalue weighted by molar-refractivity contribution is 5.99. The molecule has 2 aromatic carbocycles. The maximum Gasteiger partial charge on any atom is 0.272 e. The van der Waals surface area contributed by atoms with Crippen LogP contribution in [0.4, 0.5) is 0 Å². The molecule has 0 aliphatic rings. The Kier molecular flexibility index (Phi) is 5.56. The molecule has 0 atom stereocenters. The topological polar surface area (TPSA) is 73.2 Å². The van der Waals surface area contributed by atoms with E-state index in [1.54, 1.807) is 48.5 Å². The molecule has 5 nitrogen and oxygen atoms in total. The van der Waals surface area contributed by atoms with Gasteiger partial charge in [-0.3, -0.25) is 15.0 Å². The van der Waals surface area contributed by atoms with Crippen molar-refractivity contribution < 1.29 is 9.59 Å². The van der Waals surface area contributed by atoms with Crippen LogP contribution in [-0.4, -0.2) is 22.4 Å². The Labute approximate surface area is 147 Å². The summed E-state index contributed by atoms with van der Waals surface area (Å²) in [6.45, 7) is 5.53. The van der Waals surface area contributed by atoms with Gasteiger partial charge in [-0.1, -0.05) is 30.3 Å². The minimum absolute atomic E-state index is 0.229. The van der Waals surface area contributed by atoms with Gasteiger partial charge in [-0.25, -0.2) is 5.01 Å². The van der Waals surface area contributed by atoms with Gasteiger partial charge in [0.1, 0.15) is 0 Å². The summed E-state index contributed by atoms with van der Waals surface area (Å²) in [5.41, 5.74) is 3.75. The Morgan fingerprint density at radius 3 is 2.28 bits per heavy atom. The molecule has 0 radical (unpaired) electrons. The lowest BCUT2D eigenvalue weighted by atomic mass is 10.0. The molecule has 2 aromatic rings. The highest BCUT2D eigenvalue weighted by Gasteiger charge is 2.29. The van der Waals surface area contributed by atoms with Crippen LogP contribution in [0.15, 0.2) is 54.6 Å². The van der Waals surface area contributed by atoms with E-state index < -0.39 is 5.54 Å². The third-order valence-electron chi connectivity index (χ3n) is 3.58. The van der Waals surface area contributed by atoms with Crippen LogP contribution in [0.3, 0.4) is 0 Å². The van der Waals surface area contributed by atoms with Crippen LogP contribution in [0.25, 0.3) is 0 Å². The number of hydrogen-bond donors (Lipinski definition) is 1. The quantitative estimate of drug-likeness (QED) is 0.874. The predicted molar refractivity (Wildman–Crippen MR) is 95.6 cm³/mol. The Hall–Kier alpha value is -3.13. The number of rotatable bonds is 3. The molecule has 25 heavy (non-hydrogen) atoms. The number of nitrogens with one attached hydrogen (secondary N) is 1. The zero-order valence-electron chi connectivity index (χ0n) is 14.6. The van der Waals surface area contributed by atoms with Gasteiger partial charge in [-0.2, -0.15) is 5.26 Å². The third-order valence-corrected chi connectivity index (χ3v) is 3.58. The molecule has 128 valence electrons. The van der Waals surface area contributed by atoms with E-state index in [1.807, 2.05) is 26.8 Å². The number of amides is 2. The van der Waals surface area contributed by atoms with Gasteiger partial charge in [-0.05, 0) is 50.6 Å². The molecule has 0 bridgehead atoms. The average Bonchev–Trinajstić information content (AvgIpc) is 2.59. The second-order valence-electron chi connectivity index (χ2n) is 6.65. The van der Waals surface area contributed by atoms with E-state index in [1.165, 1.54) is 5.01 Å². The van der Waals surface area contributed by atoms with Crippen molar-refractivity contribution in [2.24, 2.45) is 0 Å². The van der Waals surface area contributed by atoms with Crippen molar-refractivity contribution in [2.75, 3.05) is 0 Å². The molecule has 2 amide bonds. The number of benzene rings is 2. The number of carbonyl (C=O) groups excluding carboxylic acids is 2. The fraction of sp³-hybridized carbons (Fsp3) is 0.250. The van der Waals surface area contributed by atoms with Crippen molar-refractivity contribution in [3.8, 4) is 6.07 Å². The van der Waals surface area contributed by atoms with E-state index in [2.05, 4.69) is 11.5 Å². The van der Waals surface area contributed by atoms with Gasteiger partial charge in [-0.15, -0.1) is 0 Å². The van der Waals surface area contributed by atoms with Crippen molar-refractivity contribution in [3.05, 3.63) is 71.3 Å². The average molecular weight is 335 g/mol. The molecule has 0 spiro atoms. The van der Waals surface area contributed by atoms with Gasteiger partial charge < -0.3 is 0 Å². The van der Waals surface area contributed by atoms with Crippen LogP contribution in [0.1, 0.15) is 47.1 Å². The summed E-state index contributed by atoms with van der Waals surface area (Å²) in [6, 6.07) is 17.7. The number of hydrazine groups is 1. The molecule has 0 aliphatic carbocycles. The first-order valence-electron chi connectivity index (χ1n) is 7.99. The third kappa shape index (κ3) is 4.67. The lowest BCUT2D eigenvalue weighted by Crippen LogP contribution is -2.55. The summed E-state index contributed by atoms with van der Waals surface area (Å²) in [6.07, 6.45) is 0.229. The number of nitrogens with zero attached hydrogens (tertiary/aromatic N) is 2. The second kappa shape index (κ2) is 7.63. The summed E-state index contributed by atoms with van der Waals surface area (Å²) >= 11 is 0. The molecule has 0 saturated carbocycles. The Morgan fingerprint density at radius 1 is 1.04 bits per heavy atom. The van der Waals surface area contributed by atoms with Crippen molar-refractivity contribution in [1.82, 2.24) is 10.4 Å². The Balaban J connectivity index is 2.29. The number of carbonyl (C=O) groups is 2. The first kappa shape index (κ1) is 18.2. The zero-order chi connectivity index (χ0) is 18.4. The van der Waals surface area contributed by atoms with E-state index in [-0.39, 0.29) is 18.2 Å². The fourth-order valence-corrected chi connectivity index (χ4v) is 2.31. The van der Waals surface area contributed by atoms with E-state index in [0.29, 0.717) is 11.1 Å². The molecule has 0 unspecified atom stereocenters. The van der Waals surface area contributed by atoms with Crippen LogP contribution < -0.4 is 5.43 Å². The normalized spacial score (nSPS) is 10.6. The number of nitriles is 1. The summed E-state index contributed by atoms with van der Waals surface area (Å²) in [7, 11) is 0. The summed E-state index contributed by atoms with van der Waals surface area (Å²) in [5.74, 6) is -0.673. The Bertz CT molecular complexity index is 802. The highest BCUT2D eigenvalue weighted by atomic mass is 16.2. The standard InChI is InChI=1S/C20H21N3O2/c1-20(2,3)23(22-18(24)16-9-5-4-6-10-16)19(25)17-11-7-8-15(14-17)12-13-21/h4-11,14H,12H2,1-3H3,(H,22,24). The minimum Gasteiger partial charge on any atom is -0.267 e. The van der Waals surface area contributed by atoms with Gasteiger partial charge in [0.25, 0.3) is 11.8 Å². The lowest BCUT2D eigenvalue weighted by molar-refractivity contribution is 0.0358. The van der Waals surface area contributed by atoms with Gasteiger partial charge in [0, 0.05) is 11.1 Å². The van der Waals surface area contributed by atoms with Crippen molar-refractivity contribution in [2.45, 2.75) is 32.7 Å². The largest absolute Gasteiger partial charge is 0.272 e. The summed E-state index contributed by atoms with van der Waals surface area (Å²) in [5, 5.41) is 10.2. The molecule has 0 aromatic heterocycles. The van der Waals surface area contributed by atoms with E-state index in [9.17, 15) is 9.59 Å². The predicted octanol–water partition coefficient (Wildman–Crippen LogP) is 3.34. The summed E-state index contributed by atoms with van der Waals surface area (Å²) < 4.78 is 0. The van der Waals surface area contributed by atoms with Crippen molar-refractivity contribution >= 4 is 11.8 Å². The molecule has 0 heterocycles. The molecule has 1 N–H and O–H groups in total. The van der Waals surface area contributed by atoms with Crippen molar-refractivity contribution in [1.29, 1.82) is 5.26 Å². The van der Waals surface area contributed by atoms with Crippen molar-refractivity contribution in [3.63, 3.8) is 0 Å². The molecular weight excluding hydrogens is 314 g/mol. The van der Waals surface area contributed by atoms with Gasteiger partial charge >= 0.3 is 0 Å². The number of hydrogen-bond acceptors (Lipinski definition) is 3. The maximum atomic E-state index is 12.9. The highest BCUT2D eigenvalue weighted by Crippen LogP contribution is 2.17. The van der Waals surface area contributed by atoms with Crippen LogP contribution in [0.5, 0.6) is 0 Å². The molecular formula is C20H21N3O2. The van der Waals surface area contributed by atoms with Gasteiger partial charge in [0.2, 0.25) is 0 Å². The fourth-order valence-electron chi connectivity index (χ4n) is 2.31. The van der Waals surface area contributed by atoms with Crippen LogP contribution >= 0.6 is 0 Å². The SMILES string of the molecule is CC(C)(C)N(NC(=O)c1ccccc1)C(=O)c1cccc(CC#N)c1. The molecule has 0 saturated heterocycles. The summed E-state index contributed by atoms with van der Waals surface area (Å²) in [4.78, 5) is 25.4. The van der Waals surface area contributed by atoms with E-state index in [4.69, 9.17) is 5.26 Å². The van der Waals surface area contributed by atoms with Gasteiger partial charge in [0.05, 0.1) is 18.0 Å². The van der Waals surface area contributed by atoms with Crippen LogP contribution in [0.2, 0.25) is 0 Å². The van der Waals surface area contributed by atoms with E-state index in [0.717, 1.165) is 5.56 Å².